The number of rotatable bonds is 4. The van der Waals surface area contributed by atoms with E-state index in [1.165, 1.54) is 24.3 Å². The second-order valence-electron chi connectivity index (χ2n) is 10.6. The lowest BCUT2D eigenvalue weighted by atomic mass is 9.64. The number of carbonyl (C=O) groups excluding carboxylic acids is 3. The van der Waals surface area contributed by atoms with Gasteiger partial charge in [-0.3, -0.25) is 14.4 Å². The number of ketones is 2. The van der Waals surface area contributed by atoms with Crippen molar-refractivity contribution in [2.75, 3.05) is 10.2 Å². The topological polar surface area (TPSA) is 66.5 Å². The second-order valence-corrected chi connectivity index (χ2v) is 10.6. The van der Waals surface area contributed by atoms with Crippen LogP contribution in [-0.4, -0.2) is 29.6 Å². The fourth-order valence-corrected chi connectivity index (χ4v) is 6.95. The van der Waals surface area contributed by atoms with Gasteiger partial charge >= 0.3 is 0 Å². The van der Waals surface area contributed by atoms with E-state index in [1.54, 1.807) is 24.3 Å². The highest BCUT2D eigenvalue weighted by atomic mass is 19.1. The van der Waals surface area contributed by atoms with Crippen LogP contribution in [0.4, 0.5) is 15.8 Å². The number of benzene rings is 4. The standard InChI is InChI=1S/C34H25FN2O3/c1-20-19-28-34(25-12-6-7-13-26(25)36-33(34)40)29(31(38)22-15-17-23(35)18-16-22)30(32(39)21-9-3-2-4-10-21)37(28)27-14-8-5-11-24(20)27/h2-19,28-30H,1H3,(H,36,40)/t28-,29+,30-,34+/m0/s1. The molecule has 0 saturated carbocycles. The molecular weight excluding hydrogens is 503 g/mol. The largest absolute Gasteiger partial charge is 0.352 e. The average molecular weight is 529 g/mol. The van der Waals surface area contributed by atoms with Crippen LogP contribution in [0.15, 0.2) is 109 Å². The van der Waals surface area contributed by atoms with Crippen molar-refractivity contribution in [2.24, 2.45) is 5.92 Å². The first kappa shape index (κ1) is 24.2. The van der Waals surface area contributed by atoms with Crippen LogP contribution in [0.3, 0.4) is 0 Å². The number of halogens is 1. The third-order valence-corrected chi connectivity index (χ3v) is 8.62. The van der Waals surface area contributed by atoms with Gasteiger partial charge in [-0.2, -0.15) is 0 Å². The minimum Gasteiger partial charge on any atom is -0.352 e. The van der Waals surface area contributed by atoms with E-state index in [0.717, 1.165) is 16.8 Å². The van der Waals surface area contributed by atoms with E-state index >= 15 is 0 Å². The van der Waals surface area contributed by atoms with Crippen molar-refractivity contribution in [3.63, 3.8) is 0 Å². The van der Waals surface area contributed by atoms with E-state index < -0.39 is 29.2 Å². The maximum absolute atomic E-state index is 14.7. The van der Waals surface area contributed by atoms with Gasteiger partial charge in [-0.05, 0) is 54.5 Å². The number of para-hydroxylation sites is 2. The molecule has 3 heterocycles. The van der Waals surface area contributed by atoms with Crippen LogP contribution in [-0.2, 0) is 10.2 Å². The minimum atomic E-state index is -1.40. The highest BCUT2D eigenvalue weighted by Crippen LogP contribution is 2.58. The Kier molecular flexibility index (Phi) is 5.36. The molecule has 4 aromatic carbocycles. The van der Waals surface area contributed by atoms with Gasteiger partial charge in [0, 0.05) is 28.1 Å². The smallest absolute Gasteiger partial charge is 0.238 e. The molecule has 0 aromatic heterocycles. The van der Waals surface area contributed by atoms with Crippen LogP contribution >= 0.6 is 0 Å². The van der Waals surface area contributed by atoms with E-state index in [1.807, 2.05) is 72.5 Å². The van der Waals surface area contributed by atoms with Crippen LogP contribution in [0, 0.1) is 11.7 Å². The first-order valence-corrected chi connectivity index (χ1v) is 13.3. The Morgan fingerprint density at radius 2 is 1.45 bits per heavy atom. The second kappa shape index (κ2) is 8.85. The van der Waals surface area contributed by atoms with Gasteiger partial charge in [0.05, 0.1) is 12.0 Å². The molecule has 196 valence electrons. The minimum absolute atomic E-state index is 0.247. The number of amides is 1. The van der Waals surface area contributed by atoms with Crippen LogP contribution in [0.25, 0.3) is 5.57 Å². The van der Waals surface area contributed by atoms with Gasteiger partial charge in [-0.1, -0.05) is 72.8 Å². The summed E-state index contributed by atoms with van der Waals surface area (Å²) in [5, 5.41) is 3.03. The number of Topliss-reactive ketones (excluding diaryl/α,β-unsaturated/α-hetero) is 2. The van der Waals surface area contributed by atoms with Crippen LogP contribution in [0.2, 0.25) is 0 Å². The number of hydrogen-bond acceptors (Lipinski definition) is 4. The lowest BCUT2D eigenvalue weighted by Gasteiger charge is -2.39. The number of hydrogen-bond donors (Lipinski definition) is 1. The Morgan fingerprint density at radius 3 is 2.23 bits per heavy atom. The van der Waals surface area contributed by atoms with E-state index in [9.17, 15) is 18.8 Å². The van der Waals surface area contributed by atoms with Crippen molar-refractivity contribution in [1.82, 2.24) is 0 Å². The molecule has 3 aliphatic rings. The zero-order valence-electron chi connectivity index (χ0n) is 21.7. The molecule has 3 aliphatic heterocycles. The summed E-state index contributed by atoms with van der Waals surface area (Å²) < 4.78 is 13.9. The number of carbonyl (C=O) groups is 3. The highest BCUT2D eigenvalue weighted by molar-refractivity contribution is 6.18. The fourth-order valence-electron chi connectivity index (χ4n) is 6.95. The average Bonchev–Trinajstić information content (AvgIpc) is 3.45. The molecule has 1 saturated heterocycles. The lowest BCUT2D eigenvalue weighted by Crippen LogP contribution is -2.51. The van der Waals surface area contributed by atoms with Crippen molar-refractivity contribution >= 4 is 34.4 Å². The zero-order chi connectivity index (χ0) is 27.6. The molecule has 0 aliphatic carbocycles. The number of fused-ring (bicyclic) bond motifs is 6. The van der Waals surface area contributed by atoms with E-state index in [0.29, 0.717) is 16.8 Å². The van der Waals surface area contributed by atoms with Crippen molar-refractivity contribution in [3.05, 3.63) is 137 Å². The molecule has 0 bridgehead atoms. The SMILES string of the molecule is CC1=C[C@@H]2N(c3ccccc31)[C@H](C(=O)c1ccccc1)[C@H](C(=O)c1ccc(F)cc1)[C@]21C(=O)Nc2ccccc21. The van der Waals surface area contributed by atoms with Crippen LogP contribution in [0.5, 0.6) is 0 Å². The quantitative estimate of drug-likeness (QED) is 0.327. The third kappa shape index (κ3) is 3.22. The Labute approximate surface area is 231 Å². The first-order valence-electron chi connectivity index (χ1n) is 13.3. The molecule has 40 heavy (non-hydrogen) atoms. The maximum atomic E-state index is 14.7. The first-order chi connectivity index (χ1) is 19.4. The van der Waals surface area contributed by atoms with Crippen molar-refractivity contribution < 1.29 is 18.8 Å². The van der Waals surface area contributed by atoms with Gasteiger partial charge in [0.25, 0.3) is 0 Å². The van der Waals surface area contributed by atoms with Crippen molar-refractivity contribution in [3.8, 4) is 0 Å². The van der Waals surface area contributed by atoms with E-state index in [2.05, 4.69) is 5.32 Å². The molecule has 0 unspecified atom stereocenters. The summed E-state index contributed by atoms with van der Waals surface area (Å²) in [6, 6.07) is 27.8. The van der Waals surface area contributed by atoms with Crippen LogP contribution < -0.4 is 10.2 Å². The summed E-state index contributed by atoms with van der Waals surface area (Å²) in [5.41, 5.74) is 3.33. The van der Waals surface area contributed by atoms with Gasteiger partial charge in [0.1, 0.15) is 17.3 Å². The summed E-state index contributed by atoms with van der Waals surface area (Å²) >= 11 is 0. The third-order valence-electron chi connectivity index (χ3n) is 8.62. The Balaban J connectivity index is 1.56. The molecule has 1 N–H and O–H groups in total. The van der Waals surface area contributed by atoms with Crippen molar-refractivity contribution in [2.45, 2.75) is 24.4 Å². The Bertz CT molecular complexity index is 1730. The van der Waals surface area contributed by atoms with Gasteiger partial charge in [0.15, 0.2) is 11.6 Å². The van der Waals surface area contributed by atoms with Gasteiger partial charge in [-0.25, -0.2) is 4.39 Å². The summed E-state index contributed by atoms with van der Waals surface area (Å²) in [7, 11) is 0. The predicted molar refractivity (Wildman–Crippen MR) is 152 cm³/mol. The molecule has 4 atom stereocenters. The Hall–Kier alpha value is -4.84. The summed E-state index contributed by atoms with van der Waals surface area (Å²) in [6.45, 7) is 1.99. The van der Waals surface area contributed by atoms with Crippen molar-refractivity contribution in [1.29, 1.82) is 0 Å². The number of allylic oxidation sites excluding steroid dienone is 1. The maximum Gasteiger partial charge on any atom is 0.238 e. The van der Waals surface area contributed by atoms with Gasteiger partial charge < -0.3 is 10.2 Å². The molecule has 1 spiro atoms. The van der Waals surface area contributed by atoms with E-state index in [-0.39, 0.29) is 23.0 Å². The summed E-state index contributed by atoms with van der Waals surface area (Å²) in [6.07, 6.45) is 2.02. The van der Waals surface area contributed by atoms with Crippen LogP contribution in [0.1, 0.15) is 38.8 Å². The molecule has 6 heteroatoms. The highest BCUT2D eigenvalue weighted by Gasteiger charge is 2.70. The molecule has 1 amide bonds. The molecular formula is C34H25FN2O3. The number of nitrogens with zero attached hydrogens (tertiary/aromatic N) is 1. The normalized spacial score (nSPS) is 24.1. The van der Waals surface area contributed by atoms with Gasteiger partial charge in [-0.15, -0.1) is 0 Å². The fraction of sp³-hybridized carbons (Fsp3) is 0.147. The zero-order valence-corrected chi connectivity index (χ0v) is 21.7. The lowest BCUT2D eigenvalue weighted by molar-refractivity contribution is -0.121. The molecule has 4 aromatic rings. The summed E-state index contributed by atoms with van der Waals surface area (Å²) in [4.78, 5) is 45.5. The molecule has 5 nitrogen and oxygen atoms in total. The summed E-state index contributed by atoms with van der Waals surface area (Å²) in [5.74, 6) is -2.50. The number of anilines is 2. The number of nitrogens with one attached hydrogen (secondary N) is 1. The molecule has 7 rings (SSSR count). The van der Waals surface area contributed by atoms with E-state index in [4.69, 9.17) is 0 Å². The van der Waals surface area contributed by atoms with Gasteiger partial charge in [0.2, 0.25) is 5.91 Å². The molecule has 0 radical (unpaired) electrons. The predicted octanol–water partition coefficient (Wildman–Crippen LogP) is 6.07. The monoisotopic (exact) mass is 528 g/mol. The Morgan fingerprint density at radius 1 is 0.800 bits per heavy atom. The molecule has 1 fully saturated rings.